The third kappa shape index (κ3) is 2.40. The van der Waals surface area contributed by atoms with E-state index < -0.39 is 5.60 Å². The Morgan fingerprint density at radius 1 is 1.53 bits per heavy atom. The molecule has 2 rings (SSSR count). The molecule has 1 fully saturated rings. The van der Waals surface area contributed by atoms with E-state index in [9.17, 15) is 5.11 Å². The topological polar surface area (TPSA) is 38.1 Å². The summed E-state index contributed by atoms with van der Waals surface area (Å²) in [5, 5.41) is 10.4. The van der Waals surface area contributed by atoms with Gasteiger partial charge in [0.05, 0.1) is 5.60 Å². The zero-order chi connectivity index (χ0) is 10.9. The molecule has 1 aromatic rings. The molecule has 84 valence electrons. The van der Waals surface area contributed by atoms with E-state index in [-0.39, 0.29) is 0 Å². The normalized spacial score (nSPS) is 31.8. The molecule has 0 unspecified atom stereocenters. The third-order valence-corrected chi connectivity index (χ3v) is 3.61. The van der Waals surface area contributed by atoms with Crippen molar-refractivity contribution in [1.29, 1.82) is 0 Å². The molecule has 0 amide bonds. The predicted octanol–water partition coefficient (Wildman–Crippen LogP) is 1.90. The molecule has 0 atom stereocenters. The van der Waals surface area contributed by atoms with Gasteiger partial charge in [-0.25, -0.2) is 4.98 Å². The van der Waals surface area contributed by atoms with E-state index in [4.69, 9.17) is 0 Å². The standard InChI is InChI=1S/C12H20N2O/c1-10-3-5-12(15,6-4-10)9-11-13-7-8-14(11)2/h7-8,10,15H,3-6,9H2,1-2H3. The molecule has 1 aliphatic carbocycles. The lowest BCUT2D eigenvalue weighted by atomic mass is 9.78. The molecule has 1 aromatic heterocycles. The molecular weight excluding hydrogens is 188 g/mol. The van der Waals surface area contributed by atoms with Crippen molar-refractivity contribution in [1.82, 2.24) is 9.55 Å². The van der Waals surface area contributed by atoms with Gasteiger partial charge in [-0.15, -0.1) is 0 Å². The van der Waals surface area contributed by atoms with Crippen LogP contribution in [0.5, 0.6) is 0 Å². The largest absolute Gasteiger partial charge is 0.389 e. The Morgan fingerprint density at radius 2 is 2.20 bits per heavy atom. The van der Waals surface area contributed by atoms with Crippen LogP contribution in [0.15, 0.2) is 12.4 Å². The highest BCUT2D eigenvalue weighted by Crippen LogP contribution is 2.33. The van der Waals surface area contributed by atoms with Crippen LogP contribution in [0.4, 0.5) is 0 Å². The number of hydrogen-bond donors (Lipinski definition) is 1. The van der Waals surface area contributed by atoms with E-state index >= 15 is 0 Å². The molecule has 1 aliphatic rings. The molecule has 3 nitrogen and oxygen atoms in total. The first-order valence-electron chi connectivity index (χ1n) is 5.78. The lowest BCUT2D eigenvalue weighted by Gasteiger charge is -2.34. The first-order valence-corrected chi connectivity index (χ1v) is 5.78. The zero-order valence-corrected chi connectivity index (χ0v) is 9.61. The molecule has 0 aromatic carbocycles. The Balaban J connectivity index is 2.02. The zero-order valence-electron chi connectivity index (χ0n) is 9.61. The molecule has 0 aliphatic heterocycles. The Morgan fingerprint density at radius 3 is 2.73 bits per heavy atom. The minimum absolute atomic E-state index is 0.508. The van der Waals surface area contributed by atoms with Crippen molar-refractivity contribution >= 4 is 0 Å². The maximum absolute atomic E-state index is 10.4. The van der Waals surface area contributed by atoms with Crippen LogP contribution in [-0.2, 0) is 13.5 Å². The van der Waals surface area contributed by atoms with Gasteiger partial charge in [0.2, 0.25) is 0 Å². The number of hydrogen-bond acceptors (Lipinski definition) is 2. The SMILES string of the molecule is CC1CCC(O)(Cc2nccn2C)CC1. The number of aliphatic hydroxyl groups is 1. The van der Waals surface area contributed by atoms with Crippen molar-refractivity contribution < 1.29 is 5.11 Å². The molecule has 1 N–H and O–H groups in total. The lowest BCUT2D eigenvalue weighted by molar-refractivity contribution is -0.00875. The van der Waals surface area contributed by atoms with Crippen molar-refractivity contribution in [3.05, 3.63) is 18.2 Å². The maximum Gasteiger partial charge on any atom is 0.111 e. The summed E-state index contributed by atoms with van der Waals surface area (Å²) in [4.78, 5) is 4.28. The number of aryl methyl sites for hydroxylation is 1. The van der Waals surface area contributed by atoms with Crippen molar-refractivity contribution in [2.24, 2.45) is 13.0 Å². The Kier molecular flexibility index (Phi) is 2.83. The van der Waals surface area contributed by atoms with Crippen molar-refractivity contribution in [3.8, 4) is 0 Å². The molecule has 0 spiro atoms. The number of nitrogens with zero attached hydrogens (tertiary/aromatic N) is 2. The van der Waals surface area contributed by atoms with Gasteiger partial charge < -0.3 is 9.67 Å². The second-order valence-corrected chi connectivity index (χ2v) is 5.04. The third-order valence-electron chi connectivity index (χ3n) is 3.61. The molecule has 0 radical (unpaired) electrons. The van der Waals surface area contributed by atoms with Crippen LogP contribution in [-0.4, -0.2) is 20.3 Å². The Labute approximate surface area is 91.1 Å². The summed E-state index contributed by atoms with van der Waals surface area (Å²) < 4.78 is 2.00. The van der Waals surface area contributed by atoms with Gasteiger partial charge in [0, 0.05) is 25.9 Å². The Hall–Kier alpha value is -0.830. The van der Waals surface area contributed by atoms with Crippen molar-refractivity contribution in [2.45, 2.75) is 44.6 Å². The minimum atomic E-state index is -0.508. The van der Waals surface area contributed by atoms with Gasteiger partial charge in [-0.2, -0.15) is 0 Å². The molecule has 0 saturated heterocycles. The number of imidazole rings is 1. The molecule has 3 heteroatoms. The highest BCUT2D eigenvalue weighted by molar-refractivity contribution is 4.99. The average molecular weight is 208 g/mol. The molecule has 1 saturated carbocycles. The van der Waals surface area contributed by atoms with E-state index in [0.29, 0.717) is 6.42 Å². The van der Waals surface area contributed by atoms with Crippen LogP contribution in [0.3, 0.4) is 0 Å². The summed E-state index contributed by atoms with van der Waals surface area (Å²) in [6.45, 7) is 2.26. The van der Waals surface area contributed by atoms with Crippen LogP contribution < -0.4 is 0 Å². The van der Waals surface area contributed by atoms with Crippen LogP contribution >= 0.6 is 0 Å². The van der Waals surface area contributed by atoms with Gasteiger partial charge in [-0.1, -0.05) is 6.92 Å². The molecule has 1 heterocycles. The van der Waals surface area contributed by atoms with Gasteiger partial charge >= 0.3 is 0 Å². The summed E-state index contributed by atoms with van der Waals surface area (Å²) in [5.74, 6) is 1.76. The second-order valence-electron chi connectivity index (χ2n) is 5.04. The average Bonchev–Trinajstić information content (AvgIpc) is 2.58. The van der Waals surface area contributed by atoms with E-state index in [0.717, 1.165) is 37.4 Å². The van der Waals surface area contributed by atoms with E-state index in [1.807, 2.05) is 17.8 Å². The second kappa shape index (κ2) is 3.97. The summed E-state index contributed by atoms with van der Waals surface area (Å²) >= 11 is 0. The first kappa shape index (κ1) is 10.7. The smallest absolute Gasteiger partial charge is 0.111 e. The highest BCUT2D eigenvalue weighted by atomic mass is 16.3. The van der Waals surface area contributed by atoms with Crippen molar-refractivity contribution in [3.63, 3.8) is 0 Å². The van der Waals surface area contributed by atoms with Gasteiger partial charge in [0.1, 0.15) is 5.82 Å². The number of rotatable bonds is 2. The monoisotopic (exact) mass is 208 g/mol. The predicted molar refractivity (Wildman–Crippen MR) is 59.5 cm³/mol. The van der Waals surface area contributed by atoms with E-state index in [1.54, 1.807) is 6.20 Å². The van der Waals surface area contributed by atoms with Gasteiger partial charge in [0.15, 0.2) is 0 Å². The molecule has 0 bridgehead atoms. The quantitative estimate of drug-likeness (QED) is 0.806. The Bertz CT molecular complexity index is 324. The van der Waals surface area contributed by atoms with Crippen LogP contribution in [0.25, 0.3) is 0 Å². The molecule has 15 heavy (non-hydrogen) atoms. The van der Waals surface area contributed by atoms with Gasteiger partial charge in [-0.3, -0.25) is 0 Å². The lowest BCUT2D eigenvalue weighted by Crippen LogP contribution is -2.36. The van der Waals surface area contributed by atoms with E-state index in [1.165, 1.54) is 0 Å². The first-order chi connectivity index (χ1) is 7.09. The van der Waals surface area contributed by atoms with Crippen LogP contribution in [0, 0.1) is 5.92 Å². The minimum Gasteiger partial charge on any atom is -0.389 e. The van der Waals surface area contributed by atoms with E-state index in [2.05, 4.69) is 11.9 Å². The fraction of sp³-hybridized carbons (Fsp3) is 0.750. The van der Waals surface area contributed by atoms with Crippen LogP contribution in [0.1, 0.15) is 38.4 Å². The van der Waals surface area contributed by atoms with Crippen molar-refractivity contribution in [2.75, 3.05) is 0 Å². The van der Waals surface area contributed by atoms with Gasteiger partial charge in [-0.05, 0) is 31.6 Å². The summed E-state index contributed by atoms with van der Waals surface area (Å²) in [5.41, 5.74) is -0.508. The van der Waals surface area contributed by atoms with Gasteiger partial charge in [0.25, 0.3) is 0 Å². The number of aromatic nitrogens is 2. The highest BCUT2D eigenvalue weighted by Gasteiger charge is 2.32. The fourth-order valence-corrected chi connectivity index (χ4v) is 2.34. The summed E-state index contributed by atoms with van der Waals surface area (Å²) in [6, 6.07) is 0. The van der Waals surface area contributed by atoms with Crippen LogP contribution in [0.2, 0.25) is 0 Å². The summed E-state index contributed by atoms with van der Waals surface area (Å²) in [6.07, 6.45) is 8.54. The molecular formula is C12H20N2O. The fourth-order valence-electron chi connectivity index (χ4n) is 2.34. The summed E-state index contributed by atoms with van der Waals surface area (Å²) in [7, 11) is 1.98. The maximum atomic E-state index is 10.4.